The Bertz CT molecular complexity index is 665. The zero-order valence-corrected chi connectivity index (χ0v) is 15.3. The molecule has 0 saturated heterocycles. The molecule has 3 unspecified atom stereocenters. The van der Waals surface area contributed by atoms with E-state index in [1.807, 2.05) is 0 Å². The fourth-order valence-electron chi connectivity index (χ4n) is 2.41. The third-order valence-electron chi connectivity index (χ3n) is 3.90. The van der Waals surface area contributed by atoms with Crippen molar-refractivity contribution in [2.24, 2.45) is 11.5 Å². The molecule has 28 heavy (non-hydrogen) atoms. The van der Waals surface area contributed by atoms with Crippen LogP contribution in [0.25, 0.3) is 0 Å². The van der Waals surface area contributed by atoms with Gasteiger partial charge in [0.1, 0.15) is 12.1 Å². The Labute approximate surface area is 161 Å². The van der Waals surface area contributed by atoms with Gasteiger partial charge in [-0.05, 0) is 25.8 Å². The molecule has 0 aromatic carbocycles. The number of aromatic nitrogens is 2. The predicted molar refractivity (Wildman–Crippen MR) is 96.9 cm³/mol. The molecule has 0 fully saturated rings. The van der Waals surface area contributed by atoms with Gasteiger partial charge in [-0.2, -0.15) is 0 Å². The van der Waals surface area contributed by atoms with Crippen LogP contribution < -0.4 is 22.1 Å². The average molecular weight is 398 g/mol. The summed E-state index contributed by atoms with van der Waals surface area (Å²) >= 11 is 0. The van der Waals surface area contributed by atoms with Crippen LogP contribution in [0.3, 0.4) is 0 Å². The molecule has 0 aliphatic rings. The maximum atomic E-state index is 12.4. The van der Waals surface area contributed by atoms with Crippen LogP contribution in [0, 0.1) is 0 Å². The molecule has 1 rings (SSSR count). The first kappa shape index (κ1) is 23.0. The third-order valence-corrected chi connectivity index (χ3v) is 3.90. The molecule has 0 radical (unpaired) electrons. The van der Waals surface area contributed by atoms with E-state index in [0.29, 0.717) is 25.1 Å². The summed E-state index contributed by atoms with van der Waals surface area (Å²) in [6.07, 6.45) is 3.46. The van der Waals surface area contributed by atoms with E-state index in [0.717, 1.165) is 0 Å². The van der Waals surface area contributed by atoms with Gasteiger partial charge in [-0.3, -0.25) is 14.4 Å². The number of H-pyrrole nitrogens is 1. The first-order valence-corrected chi connectivity index (χ1v) is 8.72. The van der Waals surface area contributed by atoms with E-state index < -0.39 is 48.3 Å². The topological polar surface area (TPSA) is 214 Å². The van der Waals surface area contributed by atoms with Gasteiger partial charge in [0.25, 0.3) is 0 Å². The number of unbranched alkanes of at least 4 members (excludes halogenated alkanes) is 1. The maximum absolute atomic E-state index is 12.4. The van der Waals surface area contributed by atoms with Gasteiger partial charge in [-0.25, -0.2) is 9.78 Å². The number of nitrogens with two attached hydrogens (primary N) is 2. The smallest absolute Gasteiger partial charge is 0.326 e. The zero-order chi connectivity index (χ0) is 21.1. The Hall–Kier alpha value is -2.99. The van der Waals surface area contributed by atoms with Gasteiger partial charge in [0.15, 0.2) is 0 Å². The Morgan fingerprint density at radius 2 is 1.79 bits per heavy atom. The van der Waals surface area contributed by atoms with Gasteiger partial charge in [-0.1, -0.05) is 0 Å². The van der Waals surface area contributed by atoms with Crippen LogP contribution in [0.5, 0.6) is 0 Å². The summed E-state index contributed by atoms with van der Waals surface area (Å²) in [5.41, 5.74) is 11.7. The van der Waals surface area contributed by atoms with Crippen LogP contribution in [-0.4, -0.2) is 68.6 Å². The number of hydrogen-bond acceptors (Lipinski definition) is 7. The fraction of sp³-hybridized carbons (Fsp3) is 0.562. The van der Waals surface area contributed by atoms with E-state index in [1.165, 1.54) is 12.5 Å². The van der Waals surface area contributed by atoms with E-state index in [2.05, 4.69) is 20.6 Å². The lowest BCUT2D eigenvalue weighted by molar-refractivity contribution is -0.143. The highest BCUT2D eigenvalue weighted by molar-refractivity contribution is 5.93. The van der Waals surface area contributed by atoms with Crippen LogP contribution in [0.2, 0.25) is 0 Å². The lowest BCUT2D eigenvalue weighted by atomic mass is 10.1. The molecule has 0 spiro atoms. The van der Waals surface area contributed by atoms with Crippen molar-refractivity contribution < 1.29 is 29.4 Å². The monoisotopic (exact) mass is 398 g/mol. The Morgan fingerprint density at radius 3 is 2.32 bits per heavy atom. The van der Waals surface area contributed by atoms with Crippen molar-refractivity contribution in [1.82, 2.24) is 20.6 Å². The number of nitrogens with zero attached hydrogens (tertiary/aromatic N) is 1. The largest absolute Gasteiger partial charge is 0.481 e. The van der Waals surface area contributed by atoms with E-state index >= 15 is 0 Å². The fourth-order valence-corrected chi connectivity index (χ4v) is 2.41. The molecule has 1 aromatic heterocycles. The lowest BCUT2D eigenvalue weighted by Crippen LogP contribution is -2.55. The number of carbonyl (C=O) groups is 4. The van der Waals surface area contributed by atoms with Crippen LogP contribution >= 0.6 is 0 Å². The highest BCUT2D eigenvalue weighted by Crippen LogP contribution is 2.04. The molecule has 0 saturated carbocycles. The Balaban J connectivity index is 2.73. The second-order valence-corrected chi connectivity index (χ2v) is 6.23. The summed E-state index contributed by atoms with van der Waals surface area (Å²) in [6.45, 7) is 0.381. The summed E-state index contributed by atoms with van der Waals surface area (Å²) in [7, 11) is 0. The number of carboxylic acid groups (broad SMARTS) is 2. The molecule has 12 nitrogen and oxygen atoms in total. The van der Waals surface area contributed by atoms with Gasteiger partial charge in [0.2, 0.25) is 11.8 Å². The molecule has 1 heterocycles. The normalized spacial score (nSPS) is 13.9. The molecule has 0 aliphatic carbocycles. The number of hydrogen-bond donors (Lipinski definition) is 7. The van der Waals surface area contributed by atoms with Crippen LogP contribution in [0.1, 0.15) is 31.4 Å². The van der Waals surface area contributed by atoms with Crippen molar-refractivity contribution in [2.45, 2.75) is 50.2 Å². The number of imidazole rings is 1. The summed E-state index contributed by atoms with van der Waals surface area (Å²) in [5.74, 6) is -4.25. The summed E-state index contributed by atoms with van der Waals surface area (Å²) in [5, 5.41) is 22.7. The molecule has 2 amide bonds. The molecular formula is C16H26N6O6. The number of aliphatic carboxylic acids is 2. The number of aromatic amines is 1. The summed E-state index contributed by atoms with van der Waals surface area (Å²) in [6, 6.07) is -3.73. The molecule has 12 heteroatoms. The second kappa shape index (κ2) is 11.7. The highest BCUT2D eigenvalue weighted by Gasteiger charge is 2.29. The van der Waals surface area contributed by atoms with Gasteiger partial charge >= 0.3 is 11.9 Å². The average Bonchev–Trinajstić information content (AvgIpc) is 3.12. The first-order chi connectivity index (χ1) is 13.2. The Morgan fingerprint density at radius 1 is 1.11 bits per heavy atom. The molecular weight excluding hydrogens is 372 g/mol. The van der Waals surface area contributed by atoms with Crippen molar-refractivity contribution in [3.05, 3.63) is 18.2 Å². The number of carbonyl (C=O) groups excluding carboxylic acids is 2. The molecule has 9 N–H and O–H groups in total. The van der Waals surface area contributed by atoms with Crippen LogP contribution in [0.15, 0.2) is 12.5 Å². The SMILES string of the molecule is NCCCCC(NC(=O)C(CC(=O)O)NC(=O)C(N)Cc1cnc[nH]1)C(=O)O. The number of nitrogens with one attached hydrogen (secondary N) is 3. The number of rotatable bonds is 13. The number of carboxylic acids is 2. The van der Waals surface area contributed by atoms with Crippen LogP contribution in [0.4, 0.5) is 0 Å². The minimum Gasteiger partial charge on any atom is -0.481 e. The Kier molecular flexibility index (Phi) is 9.60. The van der Waals surface area contributed by atoms with Gasteiger partial charge in [-0.15, -0.1) is 0 Å². The second-order valence-electron chi connectivity index (χ2n) is 6.23. The van der Waals surface area contributed by atoms with Gasteiger partial charge in [0.05, 0.1) is 18.8 Å². The third kappa shape index (κ3) is 8.14. The first-order valence-electron chi connectivity index (χ1n) is 8.72. The zero-order valence-electron chi connectivity index (χ0n) is 15.3. The van der Waals surface area contributed by atoms with Crippen molar-refractivity contribution >= 4 is 23.8 Å². The minimum atomic E-state index is -1.46. The quantitative estimate of drug-likeness (QED) is 0.182. The highest BCUT2D eigenvalue weighted by atomic mass is 16.4. The van der Waals surface area contributed by atoms with Gasteiger partial charge < -0.3 is 37.3 Å². The molecule has 3 atom stereocenters. The molecule has 0 aliphatic heterocycles. The van der Waals surface area contributed by atoms with E-state index in [4.69, 9.17) is 16.6 Å². The van der Waals surface area contributed by atoms with Crippen molar-refractivity contribution in [2.75, 3.05) is 6.54 Å². The van der Waals surface area contributed by atoms with Gasteiger partial charge in [0, 0.05) is 18.3 Å². The molecule has 156 valence electrons. The maximum Gasteiger partial charge on any atom is 0.326 e. The van der Waals surface area contributed by atoms with E-state index in [1.54, 1.807) is 0 Å². The van der Waals surface area contributed by atoms with Crippen LogP contribution in [-0.2, 0) is 25.6 Å². The summed E-state index contributed by atoms with van der Waals surface area (Å²) < 4.78 is 0. The van der Waals surface area contributed by atoms with E-state index in [-0.39, 0.29) is 12.8 Å². The number of amides is 2. The van der Waals surface area contributed by atoms with Crippen molar-refractivity contribution in [3.8, 4) is 0 Å². The summed E-state index contributed by atoms with van der Waals surface area (Å²) in [4.78, 5) is 53.5. The lowest BCUT2D eigenvalue weighted by Gasteiger charge is -2.21. The van der Waals surface area contributed by atoms with E-state index in [9.17, 15) is 24.3 Å². The standard InChI is InChI=1S/C16H26N6O6/c17-4-2-1-3-11(16(27)28)21-15(26)12(6-13(23)24)22-14(25)10(18)5-9-7-19-8-20-9/h7-8,10-12H,1-6,17-18H2,(H,19,20)(H,21,26)(H,22,25)(H,23,24)(H,27,28). The minimum absolute atomic E-state index is 0.101. The molecule has 1 aromatic rings. The van der Waals surface area contributed by atoms with Crippen molar-refractivity contribution in [1.29, 1.82) is 0 Å². The van der Waals surface area contributed by atoms with Crippen molar-refractivity contribution in [3.63, 3.8) is 0 Å². The predicted octanol–water partition coefficient (Wildman–Crippen LogP) is -2.06. The molecule has 0 bridgehead atoms.